The summed E-state index contributed by atoms with van der Waals surface area (Å²) in [5.74, 6) is 1.73. The Labute approximate surface area is 158 Å². The summed E-state index contributed by atoms with van der Waals surface area (Å²) in [5.41, 5.74) is 2.73. The molecule has 0 spiro atoms. The van der Waals surface area contributed by atoms with Crippen LogP contribution in [0.3, 0.4) is 0 Å². The average Bonchev–Trinajstić information content (AvgIpc) is 3.06. The third kappa shape index (κ3) is 4.49. The lowest BCUT2D eigenvalue weighted by molar-refractivity contribution is -0.116. The zero-order valence-corrected chi connectivity index (χ0v) is 15.8. The van der Waals surface area contributed by atoms with E-state index in [9.17, 15) is 4.79 Å². The Balaban J connectivity index is 1.66. The third-order valence-electron chi connectivity index (χ3n) is 3.98. The van der Waals surface area contributed by atoms with Crippen molar-refractivity contribution >= 4 is 17.8 Å². The van der Waals surface area contributed by atoms with E-state index in [0.717, 1.165) is 29.1 Å². The highest BCUT2D eigenvalue weighted by Crippen LogP contribution is 2.19. The minimum absolute atomic E-state index is 0.213. The maximum absolute atomic E-state index is 12.2. The topological polar surface area (TPSA) is 81.4 Å². The standard InChI is InChI=1S/C20H23N5O2/c1-4-11-27-17-8-6-5-7-16(17)9-10-19(26)21-13-18-23-24-20-22-14(2)12-15(3)25(18)20/h5-10,12H,4,11,13H2,1-3H3,(H,21,26)/b10-9+. The predicted octanol–water partition coefficient (Wildman–Crippen LogP) is 2.86. The molecule has 7 nitrogen and oxygen atoms in total. The van der Waals surface area contributed by atoms with Crippen LogP contribution in [-0.2, 0) is 11.3 Å². The van der Waals surface area contributed by atoms with E-state index in [1.807, 2.05) is 48.6 Å². The highest BCUT2D eigenvalue weighted by molar-refractivity contribution is 5.92. The van der Waals surface area contributed by atoms with Crippen LogP contribution in [0.1, 0.15) is 36.1 Å². The molecular weight excluding hydrogens is 342 g/mol. The molecule has 1 amide bonds. The second-order valence-corrected chi connectivity index (χ2v) is 6.23. The number of nitrogens with zero attached hydrogens (tertiary/aromatic N) is 4. The lowest BCUT2D eigenvalue weighted by Gasteiger charge is -2.07. The molecule has 0 aliphatic heterocycles. The average molecular weight is 365 g/mol. The number of amides is 1. The van der Waals surface area contributed by atoms with Crippen LogP contribution in [0.4, 0.5) is 0 Å². The Morgan fingerprint density at radius 3 is 2.89 bits per heavy atom. The zero-order chi connectivity index (χ0) is 19.2. The van der Waals surface area contributed by atoms with Gasteiger partial charge in [0, 0.05) is 23.0 Å². The Hall–Kier alpha value is -3.22. The van der Waals surface area contributed by atoms with E-state index in [2.05, 4.69) is 27.4 Å². The summed E-state index contributed by atoms with van der Waals surface area (Å²) in [6.07, 6.45) is 4.17. The number of benzene rings is 1. The SMILES string of the molecule is CCCOc1ccccc1/C=C/C(=O)NCc1nnc2nc(C)cc(C)n12. The molecule has 3 rings (SSSR count). The smallest absolute Gasteiger partial charge is 0.255 e. The van der Waals surface area contributed by atoms with Gasteiger partial charge in [-0.05, 0) is 38.5 Å². The Morgan fingerprint density at radius 2 is 2.07 bits per heavy atom. The normalized spacial score (nSPS) is 11.2. The van der Waals surface area contributed by atoms with Gasteiger partial charge in [-0.3, -0.25) is 9.20 Å². The highest BCUT2D eigenvalue weighted by atomic mass is 16.5. The van der Waals surface area contributed by atoms with Crippen molar-refractivity contribution in [2.45, 2.75) is 33.7 Å². The van der Waals surface area contributed by atoms with Gasteiger partial charge in [-0.15, -0.1) is 10.2 Å². The van der Waals surface area contributed by atoms with Gasteiger partial charge in [0.1, 0.15) is 5.75 Å². The zero-order valence-electron chi connectivity index (χ0n) is 15.8. The van der Waals surface area contributed by atoms with Gasteiger partial charge >= 0.3 is 0 Å². The van der Waals surface area contributed by atoms with Crippen molar-refractivity contribution in [1.29, 1.82) is 0 Å². The van der Waals surface area contributed by atoms with Crippen LogP contribution < -0.4 is 10.1 Å². The number of rotatable bonds is 7. The first-order chi connectivity index (χ1) is 13.1. The number of nitrogens with one attached hydrogen (secondary N) is 1. The molecule has 0 aliphatic rings. The summed E-state index contributed by atoms with van der Waals surface area (Å²) in [7, 11) is 0. The van der Waals surface area contributed by atoms with Crippen molar-refractivity contribution in [2.24, 2.45) is 0 Å². The maximum Gasteiger partial charge on any atom is 0.255 e. The largest absolute Gasteiger partial charge is 0.493 e. The number of para-hydroxylation sites is 1. The van der Waals surface area contributed by atoms with E-state index in [4.69, 9.17) is 4.74 Å². The van der Waals surface area contributed by atoms with Crippen LogP contribution in [0.25, 0.3) is 11.9 Å². The van der Waals surface area contributed by atoms with Crippen molar-refractivity contribution < 1.29 is 9.53 Å². The van der Waals surface area contributed by atoms with Crippen molar-refractivity contribution in [3.63, 3.8) is 0 Å². The molecule has 0 radical (unpaired) electrons. The second-order valence-electron chi connectivity index (χ2n) is 6.23. The summed E-state index contributed by atoms with van der Waals surface area (Å²) >= 11 is 0. The summed E-state index contributed by atoms with van der Waals surface area (Å²) < 4.78 is 7.54. The number of aryl methyl sites for hydroxylation is 2. The summed E-state index contributed by atoms with van der Waals surface area (Å²) in [6.45, 7) is 6.84. The van der Waals surface area contributed by atoms with Gasteiger partial charge in [0.15, 0.2) is 5.82 Å². The van der Waals surface area contributed by atoms with Crippen LogP contribution in [0.15, 0.2) is 36.4 Å². The van der Waals surface area contributed by atoms with Crippen molar-refractivity contribution in [1.82, 2.24) is 24.9 Å². The van der Waals surface area contributed by atoms with E-state index in [0.29, 0.717) is 18.2 Å². The molecule has 0 bridgehead atoms. The molecule has 0 saturated heterocycles. The van der Waals surface area contributed by atoms with E-state index < -0.39 is 0 Å². The molecule has 140 valence electrons. The van der Waals surface area contributed by atoms with Crippen LogP contribution in [0, 0.1) is 13.8 Å². The summed E-state index contributed by atoms with van der Waals surface area (Å²) in [5, 5.41) is 11.0. The van der Waals surface area contributed by atoms with Gasteiger partial charge < -0.3 is 10.1 Å². The van der Waals surface area contributed by atoms with Gasteiger partial charge in [0.2, 0.25) is 5.91 Å². The fourth-order valence-corrected chi connectivity index (χ4v) is 2.76. The fraction of sp³-hybridized carbons (Fsp3) is 0.300. The molecule has 7 heteroatoms. The van der Waals surface area contributed by atoms with Crippen LogP contribution in [0.5, 0.6) is 5.75 Å². The van der Waals surface area contributed by atoms with Crippen LogP contribution >= 0.6 is 0 Å². The van der Waals surface area contributed by atoms with E-state index in [1.165, 1.54) is 6.08 Å². The lowest BCUT2D eigenvalue weighted by Crippen LogP contribution is -2.22. The van der Waals surface area contributed by atoms with E-state index in [-0.39, 0.29) is 12.5 Å². The monoisotopic (exact) mass is 365 g/mol. The van der Waals surface area contributed by atoms with Gasteiger partial charge in [0.05, 0.1) is 13.2 Å². The fourth-order valence-electron chi connectivity index (χ4n) is 2.76. The summed E-state index contributed by atoms with van der Waals surface area (Å²) in [4.78, 5) is 16.5. The van der Waals surface area contributed by atoms with Crippen molar-refractivity contribution in [2.75, 3.05) is 6.61 Å². The Bertz CT molecular complexity index is 978. The molecule has 0 saturated carbocycles. The molecule has 1 aromatic carbocycles. The third-order valence-corrected chi connectivity index (χ3v) is 3.98. The van der Waals surface area contributed by atoms with Crippen LogP contribution in [0.2, 0.25) is 0 Å². The summed E-state index contributed by atoms with van der Waals surface area (Å²) in [6, 6.07) is 9.59. The van der Waals surface area contributed by atoms with Crippen LogP contribution in [-0.4, -0.2) is 32.1 Å². The maximum atomic E-state index is 12.2. The number of ether oxygens (including phenoxy) is 1. The Morgan fingerprint density at radius 1 is 1.26 bits per heavy atom. The van der Waals surface area contributed by atoms with Gasteiger partial charge in [-0.1, -0.05) is 25.1 Å². The number of aromatic nitrogens is 4. The number of hydrogen-bond donors (Lipinski definition) is 1. The number of fused-ring (bicyclic) bond motifs is 1. The molecular formula is C20H23N5O2. The van der Waals surface area contributed by atoms with Crippen molar-refractivity contribution in [3.8, 4) is 5.75 Å². The minimum atomic E-state index is -0.213. The first kappa shape index (κ1) is 18.6. The molecule has 0 aliphatic carbocycles. The second kappa shape index (κ2) is 8.44. The van der Waals surface area contributed by atoms with Gasteiger partial charge in [-0.2, -0.15) is 0 Å². The number of carbonyl (C=O) groups excluding carboxylic acids is 1. The van der Waals surface area contributed by atoms with Gasteiger partial charge in [-0.25, -0.2) is 4.98 Å². The lowest BCUT2D eigenvalue weighted by atomic mass is 10.2. The molecule has 27 heavy (non-hydrogen) atoms. The van der Waals surface area contributed by atoms with E-state index in [1.54, 1.807) is 6.08 Å². The molecule has 3 aromatic rings. The first-order valence-electron chi connectivity index (χ1n) is 8.94. The number of carbonyl (C=O) groups is 1. The van der Waals surface area contributed by atoms with Crippen molar-refractivity contribution in [3.05, 3.63) is 59.2 Å². The molecule has 1 N–H and O–H groups in total. The number of hydrogen-bond acceptors (Lipinski definition) is 5. The molecule has 0 atom stereocenters. The highest BCUT2D eigenvalue weighted by Gasteiger charge is 2.10. The minimum Gasteiger partial charge on any atom is -0.493 e. The predicted molar refractivity (Wildman–Crippen MR) is 103 cm³/mol. The molecule has 2 aromatic heterocycles. The quantitative estimate of drug-likeness (QED) is 0.651. The first-order valence-corrected chi connectivity index (χ1v) is 8.94. The van der Waals surface area contributed by atoms with Gasteiger partial charge in [0.25, 0.3) is 5.78 Å². The molecule has 0 unspecified atom stereocenters. The Kier molecular flexibility index (Phi) is 5.80. The molecule has 2 heterocycles. The molecule has 0 fully saturated rings. The van der Waals surface area contributed by atoms with E-state index >= 15 is 0 Å².